The van der Waals surface area contributed by atoms with E-state index in [0.29, 0.717) is 18.8 Å². The Morgan fingerprint density at radius 3 is 2.79 bits per heavy atom. The second-order valence-corrected chi connectivity index (χ2v) is 7.87. The number of fused-ring (bicyclic) bond motifs is 1. The molecule has 4 rings (SSSR count). The lowest BCUT2D eigenvalue weighted by Crippen LogP contribution is -2.43. The van der Waals surface area contributed by atoms with Crippen LogP contribution >= 0.6 is 23.7 Å². The van der Waals surface area contributed by atoms with Crippen LogP contribution in [0, 0.1) is 6.92 Å². The number of amides is 1. The molecule has 9 heteroatoms. The zero-order valence-corrected chi connectivity index (χ0v) is 18.3. The molecule has 29 heavy (non-hydrogen) atoms. The maximum absolute atomic E-state index is 13.4. The molecule has 0 spiro atoms. The van der Waals surface area contributed by atoms with Gasteiger partial charge in [-0.05, 0) is 31.5 Å². The number of thiazole rings is 1. The molecule has 1 aliphatic rings. The largest absolute Gasteiger partial charge is 0.379 e. The van der Waals surface area contributed by atoms with Crippen molar-refractivity contribution in [3.8, 4) is 0 Å². The molecule has 0 radical (unpaired) electrons. The first-order valence-corrected chi connectivity index (χ1v) is 10.5. The van der Waals surface area contributed by atoms with Crippen molar-refractivity contribution in [3.05, 3.63) is 41.7 Å². The Kier molecular flexibility index (Phi) is 7.23. The molecule has 0 unspecified atom stereocenters. The number of morpholine rings is 1. The first-order chi connectivity index (χ1) is 13.7. The molecule has 3 aromatic rings. The molecule has 1 fully saturated rings. The molecule has 156 valence electrons. The maximum atomic E-state index is 13.4. The Hall–Kier alpha value is -2.00. The van der Waals surface area contributed by atoms with Crippen molar-refractivity contribution < 1.29 is 9.53 Å². The highest BCUT2D eigenvalue weighted by Gasteiger charge is 2.25. The highest BCUT2D eigenvalue weighted by molar-refractivity contribution is 7.22. The van der Waals surface area contributed by atoms with Gasteiger partial charge in [0.25, 0.3) is 5.91 Å². The molecule has 2 aromatic heterocycles. The lowest BCUT2D eigenvalue weighted by molar-refractivity contribution is 0.0391. The van der Waals surface area contributed by atoms with Crippen molar-refractivity contribution in [2.45, 2.75) is 20.4 Å². The van der Waals surface area contributed by atoms with Crippen LogP contribution in [0.4, 0.5) is 5.13 Å². The summed E-state index contributed by atoms with van der Waals surface area (Å²) in [6.45, 7) is 9.37. The topological polar surface area (TPSA) is 63.5 Å². The predicted molar refractivity (Wildman–Crippen MR) is 118 cm³/mol. The monoisotopic (exact) mass is 435 g/mol. The average Bonchev–Trinajstić information content (AvgIpc) is 3.36. The van der Waals surface area contributed by atoms with E-state index >= 15 is 0 Å². The number of benzene rings is 1. The summed E-state index contributed by atoms with van der Waals surface area (Å²) in [4.78, 5) is 22.4. The number of carbonyl (C=O) groups excluding carboxylic acids is 1. The zero-order chi connectivity index (χ0) is 19.5. The number of rotatable bonds is 6. The third-order valence-electron chi connectivity index (χ3n) is 5.06. The quantitative estimate of drug-likeness (QED) is 0.594. The van der Waals surface area contributed by atoms with Crippen LogP contribution in [0.3, 0.4) is 0 Å². The fourth-order valence-electron chi connectivity index (χ4n) is 3.44. The van der Waals surface area contributed by atoms with Crippen LogP contribution in [0.25, 0.3) is 10.2 Å². The lowest BCUT2D eigenvalue weighted by atomic mass is 10.2. The summed E-state index contributed by atoms with van der Waals surface area (Å²) in [6, 6.07) is 7.93. The molecule has 1 saturated heterocycles. The molecule has 1 amide bonds. The number of hydrogen-bond acceptors (Lipinski definition) is 6. The van der Waals surface area contributed by atoms with Gasteiger partial charge in [-0.1, -0.05) is 23.5 Å². The Morgan fingerprint density at radius 2 is 2.07 bits per heavy atom. The van der Waals surface area contributed by atoms with E-state index in [2.05, 4.69) is 29.1 Å². The highest BCUT2D eigenvalue weighted by Crippen LogP contribution is 2.31. The van der Waals surface area contributed by atoms with Crippen molar-refractivity contribution in [2.24, 2.45) is 0 Å². The Labute approximate surface area is 180 Å². The van der Waals surface area contributed by atoms with Crippen LogP contribution in [0.2, 0.25) is 0 Å². The van der Waals surface area contributed by atoms with E-state index in [-0.39, 0.29) is 18.3 Å². The van der Waals surface area contributed by atoms with E-state index in [0.717, 1.165) is 53.8 Å². The summed E-state index contributed by atoms with van der Waals surface area (Å²) in [5.41, 5.74) is 2.69. The van der Waals surface area contributed by atoms with Gasteiger partial charge in [-0.25, -0.2) is 4.98 Å². The first kappa shape index (κ1) is 21.7. The van der Waals surface area contributed by atoms with E-state index in [9.17, 15) is 4.79 Å². The minimum atomic E-state index is -0.0516. The van der Waals surface area contributed by atoms with E-state index in [1.54, 1.807) is 28.3 Å². The molecule has 0 saturated carbocycles. The van der Waals surface area contributed by atoms with Crippen LogP contribution < -0.4 is 4.90 Å². The summed E-state index contributed by atoms with van der Waals surface area (Å²) in [6.07, 6.45) is 1.68. The van der Waals surface area contributed by atoms with Gasteiger partial charge < -0.3 is 4.74 Å². The van der Waals surface area contributed by atoms with Gasteiger partial charge in [0.1, 0.15) is 5.69 Å². The van der Waals surface area contributed by atoms with Gasteiger partial charge in [-0.3, -0.25) is 19.3 Å². The highest BCUT2D eigenvalue weighted by atomic mass is 35.5. The Bertz CT molecular complexity index is 967. The summed E-state index contributed by atoms with van der Waals surface area (Å²) in [5, 5.41) is 5.01. The van der Waals surface area contributed by atoms with Gasteiger partial charge in [0, 0.05) is 38.9 Å². The minimum absolute atomic E-state index is 0. The molecule has 1 aromatic carbocycles. The van der Waals surface area contributed by atoms with E-state index < -0.39 is 0 Å². The average molecular weight is 436 g/mol. The maximum Gasteiger partial charge on any atom is 0.278 e. The van der Waals surface area contributed by atoms with Crippen molar-refractivity contribution in [1.82, 2.24) is 19.7 Å². The second kappa shape index (κ2) is 9.67. The molecule has 0 bridgehead atoms. The number of aromatic nitrogens is 3. The summed E-state index contributed by atoms with van der Waals surface area (Å²) in [5.74, 6) is -0.0516. The number of para-hydroxylation sites is 1. The van der Waals surface area contributed by atoms with E-state index in [1.807, 2.05) is 17.9 Å². The van der Waals surface area contributed by atoms with Crippen LogP contribution in [-0.2, 0) is 11.3 Å². The molecule has 3 heterocycles. The van der Waals surface area contributed by atoms with Crippen molar-refractivity contribution in [2.75, 3.05) is 44.3 Å². The van der Waals surface area contributed by atoms with Crippen LogP contribution in [-0.4, -0.2) is 65.0 Å². The molecular formula is C20H26ClN5O2S. The van der Waals surface area contributed by atoms with E-state index in [1.165, 1.54) is 0 Å². The Morgan fingerprint density at radius 1 is 1.28 bits per heavy atom. The summed E-state index contributed by atoms with van der Waals surface area (Å²) >= 11 is 1.57. The number of ether oxygens (including phenoxy) is 1. The first-order valence-electron chi connectivity index (χ1n) is 9.67. The molecule has 0 N–H and O–H groups in total. The fourth-order valence-corrected chi connectivity index (χ4v) is 4.51. The van der Waals surface area contributed by atoms with Gasteiger partial charge in [0.15, 0.2) is 5.13 Å². The van der Waals surface area contributed by atoms with E-state index in [4.69, 9.17) is 9.72 Å². The number of hydrogen-bond donors (Lipinski definition) is 0. The Balaban J connectivity index is 0.00000240. The number of carbonyl (C=O) groups is 1. The third-order valence-corrected chi connectivity index (χ3v) is 6.11. The van der Waals surface area contributed by atoms with Gasteiger partial charge >= 0.3 is 0 Å². The summed E-state index contributed by atoms with van der Waals surface area (Å²) in [7, 11) is 0. The van der Waals surface area contributed by atoms with Crippen LogP contribution in [0.1, 0.15) is 23.0 Å². The SMILES string of the molecule is CCn1nccc1C(=O)N(CCN1CCOCC1)c1nc2c(C)cccc2s1.Cl. The van der Waals surface area contributed by atoms with Crippen LogP contribution in [0.5, 0.6) is 0 Å². The molecule has 7 nitrogen and oxygen atoms in total. The second-order valence-electron chi connectivity index (χ2n) is 6.86. The lowest BCUT2D eigenvalue weighted by Gasteiger charge is -2.29. The molecule has 0 atom stereocenters. The van der Waals surface area contributed by atoms with Gasteiger partial charge in [0.2, 0.25) is 0 Å². The van der Waals surface area contributed by atoms with Gasteiger partial charge in [-0.15, -0.1) is 12.4 Å². The zero-order valence-electron chi connectivity index (χ0n) is 16.7. The fraction of sp³-hybridized carbons (Fsp3) is 0.450. The van der Waals surface area contributed by atoms with Crippen molar-refractivity contribution >= 4 is 45.0 Å². The summed E-state index contributed by atoms with van der Waals surface area (Å²) < 4.78 is 8.28. The number of halogens is 1. The molecular weight excluding hydrogens is 410 g/mol. The van der Waals surface area contributed by atoms with Crippen LogP contribution in [0.15, 0.2) is 30.5 Å². The smallest absolute Gasteiger partial charge is 0.278 e. The van der Waals surface area contributed by atoms with Gasteiger partial charge in [0.05, 0.1) is 23.4 Å². The number of anilines is 1. The standard InChI is InChI=1S/C20H25N5O2S.ClH/c1-3-25-16(7-8-21-25)19(26)24(10-9-23-11-13-27-14-12-23)20-22-18-15(2)5-4-6-17(18)28-20;/h4-8H,3,9-14H2,1-2H3;1H. The number of nitrogens with zero attached hydrogens (tertiary/aromatic N) is 5. The van der Waals surface area contributed by atoms with Crippen molar-refractivity contribution in [1.29, 1.82) is 0 Å². The minimum Gasteiger partial charge on any atom is -0.379 e. The van der Waals surface area contributed by atoms with Gasteiger partial charge in [-0.2, -0.15) is 5.10 Å². The third kappa shape index (κ3) is 4.61. The van der Waals surface area contributed by atoms with Crippen molar-refractivity contribution in [3.63, 3.8) is 0 Å². The number of aryl methyl sites for hydroxylation is 2. The normalized spacial score (nSPS) is 14.7. The molecule has 1 aliphatic heterocycles. The predicted octanol–water partition coefficient (Wildman–Crippen LogP) is 3.22. The molecule has 0 aliphatic carbocycles.